The van der Waals surface area contributed by atoms with Crippen LogP contribution in [0.4, 0.5) is 30.7 Å². The van der Waals surface area contributed by atoms with Crippen molar-refractivity contribution in [2.45, 2.75) is 77.6 Å². The van der Waals surface area contributed by atoms with E-state index in [0.29, 0.717) is 5.56 Å². The second kappa shape index (κ2) is 11.9. The lowest BCUT2D eigenvalue weighted by atomic mass is 9.93. The molecule has 0 saturated carbocycles. The molecule has 0 saturated heterocycles. The minimum atomic E-state index is -5.36. The molecule has 1 amide bonds. The summed E-state index contributed by atoms with van der Waals surface area (Å²) in [7, 11) is 0. The van der Waals surface area contributed by atoms with Gasteiger partial charge in [-0.3, -0.25) is 14.2 Å². The summed E-state index contributed by atoms with van der Waals surface area (Å²) in [6, 6.07) is 2.76. The highest BCUT2D eigenvalue weighted by Crippen LogP contribution is 2.30. The van der Waals surface area contributed by atoms with Crippen LogP contribution in [-0.4, -0.2) is 50.2 Å². The minimum absolute atomic E-state index is 0.0192. The third-order valence-electron chi connectivity index (χ3n) is 6.10. The van der Waals surface area contributed by atoms with Crippen LogP contribution in [0.1, 0.15) is 60.5 Å². The topological polar surface area (TPSA) is 94.8 Å². The molecule has 3 aromatic heterocycles. The number of pyridine rings is 2. The standard InChI is InChI=1S/C26H27F7N4O4/c1-14-11-18(40-13-17-16(27)7-6-10-34-17)21-35-15(2)20(37(21)12-14)22(38)36-19(8-5-9-25(28,29)30)24(3,4)41-23(39)26(31,32)33/h6-7,10-12,19H,5,8-9,13H2,1-4H3,(H,36,38). The highest BCUT2D eigenvalue weighted by molar-refractivity contribution is 5.95. The van der Waals surface area contributed by atoms with E-state index in [1.54, 1.807) is 13.0 Å². The normalized spacial score (nSPS) is 13.2. The van der Waals surface area contributed by atoms with Crippen molar-refractivity contribution in [1.82, 2.24) is 19.7 Å². The molecule has 0 aliphatic heterocycles. The first kappa shape index (κ1) is 31.6. The highest BCUT2D eigenvalue weighted by Gasteiger charge is 2.46. The van der Waals surface area contributed by atoms with Gasteiger partial charge < -0.3 is 14.8 Å². The monoisotopic (exact) mass is 592 g/mol. The summed E-state index contributed by atoms with van der Waals surface area (Å²) in [4.78, 5) is 33.2. The van der Waals surface area contributed by atoms with Gasteiger partial charge in [0, 0.05) is 18.8 Å². The molecule has 1 atom stereocenters. The van der Waals surface area contributed by atoms with Gasteiger partial charge in [0.15, 0.2) is 11.4 Å². The van der Waals surface area contributed by atoms with E-state index in [1.807, 2.05) is 0 Å². The van der Waals surface area contributed by atoms with Crippen molar-refractivity contribution in [2.75, 3.05) is 0 Å². The van der Waals surface area contributed by atoms with Crippen molar-refractivity contribution in [3.8, 4) is 5.75 Å². The Kier molecular flexibility index (Phi) is 9.18. The summed E-state index contributed by atoms with van der Waals surface area (Å²) in [6.07, 6.45) is -9.29. The molecule has 0 aliphatic carbocycles. The number of halogens is 7. The van der Waals surface area contributed by atoms with Gasteiger partial charge in [-0.2, -0.15) is 26.3 Å². The van der Waals surface area contributed by atoms with Crippen molar-refractivity contribution in [2.24, 2.45) is 0 Å². The summed E-state index contributed by atoms with van der Waals surface area (Å²) in [5.41, 5.74) is -1.23. The zero-order valence-electron chi connectivity index (χ0n) is 22.4. The summed E-state index contributed by atoms with van der Waals surface area (Å²) in [6.45, 7) is 4.99. The Morgan fingerprint density at radius 3 is 2.41 bits per heavy atom. The van der Waals surface area contributed by atoms with E-state index in [2.05, 4.69) is 20.0 Å². The van der Waals surface area contributed by atoms with Crippen LogP contribution in [0.2, 0.25) is 0 Å². The molecular weight excluding hydrogens is 565 g/mol. The van der Waals surface area contributed by atoms with E-state index >= 15 is 0 Å². The third-order valence-corrected chi connectivity index (χ3v) is 6.10. The molecule has 0 fully saturated rings. The Morgan fingerprint density at radius 1 is 1.12 bits per heavy atom. The van der Waals surface area contributed by atoms with Gasteiger partial charge in [-0.15, -0.1) is 0 Å². The van der Waals surface area contributed by atoms with E-state index in [-0.39, 0.29) is 35.1 Å². The maximum atomic E-state index is 14.0. The number of nitrogens with zero attached hydrogens (tertiary/aromatic N) is 3. The number of hydrogen-bond acceptors (Lipinski definition) is 6. The second-order valence-electron chi connectivity index (χ2n) is 9.87. The van der Waals surface area contributed by atoms with Crippen LogP contribution in [0, 0.1) is 19.7 Å². The first-order valence-electron chi connectivity index (χ1n) is 12.3. The highest BCUT2D eigenvalue weighted by atomic mass is 19.4. The number of aryl methyl sites for hydroxylation is 2. The fourth-order valence-electron chi connectivity index (χ4n) is 4.10. The van der Waals surface area contributed by atoms with Crippen molar-refractivity contribution in [1.29, 1.82) is 0 Å². The van der Waals surface area contributed by atoms with Crippen molar-refractivity contribution < 1.29 is 49.8 Å². The number of rotatable bonds is 10. The number of ether oxygens (including phenoxy) is 2. The summed E-state index contributed by atoms with van der Waals surface area (Å²) >= 11 is 0. The number of carbonyl (C=O) groups excluding carboxylic acids is 2. The number of alkyl halides is 6. The first-order valence-corrected chi connectivity index (χ1v) is 12.3. The number of carbonyl (C=O) groups is 2. The Bertz CT molecular complexity index is 1420. The predicted molar refractivity (Wildman–Crippen MR) is 131 cm³/mol. The molecule has 15 heteroatoms. The SMILES string of the molecule is Cc1cc(OCc2ncccc2F)c2nc(C)c(C(=O)NC(CCCC(F)(F)F)C(C)(C)OC(=O)C(F)(F)F)n2c1. The van der Waals surface area contributed by atoms with Gasteiger partial charge in [-0.05, 0) is 64.3 Å². The fraction of sp³-hybridized carbons (Fsp3) is 0.462. The van der Waals surface area contributed by atoms with Crippen LogP contribution >= 0.6 is 0 Å². The van der Waals surface area contributed by atoms with Crippen LogP contribution in [0.5, 0.6) is 5.75 Å². The lowest BCUT2D eigenvalue weighted by Gasteiger charge is -2.35. The molecule has 0 aliphatic rings. The average molecular weight is 593 g/mol. The first-order chi connectivity index (χ1) is 18.9. The number of fused-ring (bicyclic) bond motifs is 1. The molecule has 224 valence electrons. The van der Waals surface area contributed by atoms with Gasteiger partial charge in [0.2, 0.25) is 0 Å². The van der Waals surface area contributed by atoms with E-state index < -0.39 is 61.0 Å². The van der Waals surface area contributed by atoms with Crippen molar-refractivity contribution >= 4 is 17.5 Å². The van der Waals surface area contributed by atoms with E-state index in [1.165, 1.54) is 35.9 Å². The van der Waals surface area contributed by atoms with Gasteiger partial charge >= 0.3 is 18.3 Å². The molecule has 3 rings (SSSR count). The van der Waals surface area contributed by atoms with Crippen LogP contribution in [0.15, 0.2) is 30.6 Å². The quantitative estimate of drug-likeness (QED) is 0.237. The molecule has 3 aromatic rings. The van der Waals surface area contributed by atoms with Gasteiger partial charge in [-0.25, -0.2) is 14.2 Å². The molecule has 0 bridgehead atoms. The number of hydrogen-bond donors (Lipinski definition) is 1. The van der Waals surface area contributed by atoms with Crippen molar-refractivity contribution in [3.05, 3.63) is 59.1 Å². The zero-order valence-corrected chi connectivity index (χ0v) is 22.4. The lowest BCUT2D eigenvalue weighted by molar-refractivity contribution is -0.213. The largest absolute Gasteiger partial charge is 0.490 e. The Labute approximate surface area is 229 Å². The number of amides is 1. The Balaban J connectivity index is 1.93. The second-order valence-corrected chi connectivity index (χ2v) is 9.87. The van der Waals surface area contributed by atoms with Crippen molar-refractivity contribution in [3.63, 3.8) is 0 Å². The van der Waals surface area contributed by atoms with Gasteiger partial charge in [-0.1, -0.05) is 0 Å². The predicted octanol–water partition coefficient (Wildman–Crippen LogP) is 5.78. The maximum absolute atomic E-state index is 14.0. The van der Waals surface area contributed by atoms with Crippen LogP contribution in [0.25, 0.3) is 5.65 Å². The molecule has 0 radical (unpaired) electrons. The Hall–Kier alpha value is -3.91. The molecule has 3 heterocycles. The number of aromatic nitrogens is 3. The van der Waals surface area contributed by atoms with Gasteiger partial charge in [0.25, 0.3) is 5.91 Å². The van der Waals surface area contributed by atoms with Gasteiger partial charge in [0.1, 0.15) is 29.4 Å². The smallest absolute Gasteiger partial charge is 0.483 e. The number of esters is 1. The van der Waals surface area contributed by atoms with Crippen LogP contribution in [0.3, 0.4) is 0 Å². The molecule has 0 spiro atoms. The fourth-order valence-corrected chi connectivity index (χ4v) is 4.10. The zero-order chi connectivity index (χ0) is 30.8. The molecule has 41 heavy (non-hydrogen) atoms. The maximum Gasteiger partial charge on any atom is 0.490 e. The minimum Gasteiger partial charge on any atom is -0.483 e. The molecule has 0 aromatic carbocycles. The van der Waals surface area contributed by atoms with Crippen LogP contribution < -0.4 is 10.1 Å². The summed E-state index contributed by atoms with van der Waals surface area (Å²) in [5, 5.41) is 2.43. The lowest BCUT2D eigenvalue weighted by Crippen LogP contribution is -2.53. The van der Waals surface area contributed by atoms with E-state index in [9.17, 15) is 40.3 Å². The molecular formula is C26H27F7N4O4. The summed E-state index contributed by atoms with van der Waals surface area (Å²) < 4.78 is 103. The Morgan fingerprint density at radius 2 is 1.80 bits per heavy atom. The van der Waals surface area contributed by atoms with E-state index in [0.717, 1.165) is 13.8 Å². The third kappa shape index (κ3) is 8.07. The molecule has 8 nitrogen and oxygen atoms in total. The van der Waals surface area contributed by atoms with E-state index in [4.69, 9.17) is 4.74 Å². The average Bonchev–Trinajstić information content (AvgIpc) is 3.16. The number of nitrogens with one attached hydrogen (secondary N) is 1. The van der Waals surface area contributed by atoms with Crippen LogP contribution in [-0.2, 0) is 16.1 Å². The summed E-state index contributed by atoms with van der Waals surface area (Å²) in [5.74, 6) is -3.87. The molecule has 1 unspecified atom stereocenters. The number of imidazole rings is 1. The molecule has 1 N–H and O–H groups in total. The van der Waals surface area contributed by atoms with Gasteiger partial charge in [0.05, 0.1) is 11.7 Å².